The third kappa shape index (κ3) is 1.33. The molecule has 0 aliphatic carbocycles. The molecule has 0 aromatic carbocycles. The Bertz CT molecular complexity index is 157. The highest BCUT2D eigenvalue weighted by molar-refractivity contribution is 5.11. The van der Waals surface area contributed by atoms with Crippen LogP contribution in [-0.4, -0.2) is 10.1 Å². The summed E-state index contributed by atoms with van der Waals surface area (Å²) in [5.74, 6) is 0. The maximum absolute atomic E-state index is 9.20. The Hall–Kier alpha value is -0.760. The fourth-order valence-corrected chi connectivity index (χ4v) is 0.780. The van der Waals surface area contributed by atoms with E-state index in [9.17, 15) is 5.11 Å². The number of H-pyrrole nitrogens is 1. The molecule has 9 heavy (non-hydrogen) atoms. The van der Waals surface area contributed by atoms with Crippen molar-refractivity contribution >= 4 is 0 Å². The van der Waals surface area contributed by atoms with Gasteiger partial charge in [0.15, 0.2) is 0 Å². The standard InChI is InChI=1S/C7H11NO/c1-2-7(9)6-3-4-8-5-6/h3-5,7-9H,2H2,1H3/t7-/m1/s1. The highest BCUT2D eigenvalue weighted by atomic mass is 16.3. The van der Waals surface area contributed by atoms with E-state index in [1.165, 1.54) is 0 Å². The molecule has 1 heterocycles. The van der Waals surface area contributed by atoms with Crippen molar-refractivity contribution in [3.05, 3.63) is 24.0 Å². The average molecular weight is 125 g/mol. The van der Waals surface area contributed by atoms with Gasteiger partial charge in [0.05, 0.1) is 6.10 Å². The first kappa shape index (κ1) is 6.36. The summed E-state index contributed by atoms with van der Waals surface area (Å²) in [5.41, 5.74) is 0.970. The summed E-state index contributed by atoms with van der Waals surface area (Å²) in [6.07, 6.45) is 4.11. The lowest BCUT2D eigenvalue weighted by molar-refractivity contribution is 0.174. The van der Waals surface area contributed by atoms with E-state index >= 15 is 0 Å². The number of hydrogen-bond donors (Lipinski definition) is 2. The van der Waals surface area contributed by atoms with Crippen LogP contribution in [0.1, 0.15) is 25.0 Å². The van der Waals surface area contributed by atoms with Crippen LogP contribution in [0.3, 0.4) is 0 Å². The number of aliphatic hydroxyl groups is 1. The van der Waals surface area contributed by atoms with Gasteiger partial charge in [0.1, 0.15) is 0 Å². The second kappa shape index (κ2) is 2.69. The normalized spacial score (nSPS) is 13.6. The lowest BCUT2D eigenvalue weighted by Gasteiger charge is -2.01. The number of rotatable bonds is 2. The van der Waals surface area contributed by atoms with E-state index in [2.05, 4.69) is 4.98 Å². The highest BCUT2D eigenvalue weighted by Crippen LogP contribution is 2.13. The Morgan fingerprint density at radius 2 is 2.56 bits per heavy atom. The summed E-state index contributed by atoms with van der Waals surface area (Å²) in [6, 6.07) is 1.88. The molecule has 2 nitrogen and oxygen atoms in total. The van der Waals surface area contributed by atoms with Crippen molar-refractivity contribution in [1.82, 2.24) is 4.98 Å². The molecule has 2 N–H and O–H groups in total. The van der Waals surface area contributed by atoms with Gasteiger partial charge in [-0.3, -0.25) is 0 Å². The molecule has 1 aromatic heterocycles. The van der Waals surface area contributed by atoms with E-state index in [1.807, 2.05) is 25.4 Å². The smallest absolute Gasteiger partial charge is 0.0802 e. The maximum Gasteiger partial charge on any atom is 0.0802 e. The molecule has 50 valence electrons. The minimum Gasteiger partial charge on any atom is -0.388 e. The van der Waals surface area contributed by atoms with Crippen LogP contribution in [0.25, 0.3) is 0 Å². The van der Waals surface area contributed by atoms with E-state index in [1.54, 1.807) is 0 Å². The van der Waals surface area contributed by atoms with Gasteiger partial charge in [-0.15, -0.1) is 0 Å². The van der Waals surface area contributed by atoms with Gasteiger partial charge in [0.2, 0.25) is 0 Å². The van der Waals surface area contributed by atoms with Crippen molar-refractivity contribution in [3.8, 4) is 0 Å². The molecule has 0 bridgehead atoms. The quantitative estimate of drug-likeness (QED) is 0.616. The van der Waals surface area contributed by atoms with E-state index in [0.29, 0.717) is 0 Å². The molecule has 0 radical (unpaired) electrons. The molecule has 0 saturated carbocycles. The lowest BCUT2D eigenvalue weighted by atomic mass is 10.1. The van der Waals surface area contributed by atoms with Crippen molar-refractivity contribution < 1.29 is 5.11 Å². The number of aliphatic hydroxyl groups excluding tert-OH is 1. The van der Waals surface area contributed by atoms with Crippen molar-refractivity contribution in [2.24, 2.45) is 0 Å². The third-order valence-electron chi connectivity index (χ3n) is 1.39. The molecule has 1 atom stereocenters. The van der Waals surface area contributed by atoms with Crippen molar-refractivity contribution in [1.29, 1.82) is 0 Å². The fourth-order valence-electron chi connectivity index (χ4n) is 0.780. The average Bonchev–Trinajstić information content (AvgIpc) is 2.37. The minimum atomic E-state index is -0.295. The summed E-state index contributed by atoms with van der Waals surface area (Å²) in [6.45, 7) is 1.96. The molecule has 0 fully saturated rings. The monoisotopic (exact) mass is 125 g/mol. The fraction of sp³-hybridized carbons (Fsp3) is 0.429. The van der Waals surface area contributed by atoms with Crippen LogP contribution < -0.4 is 0 Å². The first-order valence-electron chi connectivity index (χ1n) is 3.15. The molecule has 1 rings (SSSR count). The number of aromatic amines is 1. The van der Waals surface area contributed by atoms with Gasteiger partial charge in [-0.05, 0) is 18.1 Å². The van der Waals surface area contributed by atoms with Crippen LogP contribution in [0.15, 0.2) is 18.5 Å². The van der Waals surface area contributed by atoms with E-state index < -0.39 is 0 Å². The highest BCUT2D eigenvalue weighted by Gasteiger charge is 2.02. The third-order valence-corrected chi connectivity index (χ3v) is 1.39. The summed E-state index contributed by atoms with van der Waals surface area (Å²) >= 11 is 0. The predicted molar refractivity (Wildman–Crippen MR) is 36.0 cm³/mol. The zero-order valence-electron chi connectivity index (χ0n) is 5.46. The molecule has 2 heteroatoms. The molecule has 0 aliphatic rings. The SMILES string of the molecule is CC[C@@H](O)c1cc[nH]c1. The minimum absolute atomic E-state index is 0.295. The van der Waals surface area contributed by atoms with Gasteiger partial charge in [0, 0.05) is 12.4 Å². The van der Waals surface area contributed by atoms with Crippen LogP contribution in [0.4, 0.5) is 0 Å². The molecule has 1 aromatic rings. The number of hydrogen-bond acceptors (Lipinski definition) is 1. The van der Waals surface area contributed by atoms with Gasteiger partial charge in [-0.1, -0.05) is 6.92 Å². The van der Waals surface area contributed by atoms with Gasteiger partial charge in [-0.25, -0.2) is 0 Å². The predicted octanol–water partition coefficient (Wildman–Crippen LogP) is 1.46. The van der Waals surface area contributed by atoms with Gasteiger partial charge in [-0.2, -0.15) is 0 Å². The molecule has 0 aliphatic heterocycles. The molecule has 0 saturated heterocycles. The summed E-state index contributed by atoms with van der Waals surface area (Å²) < 4.78 is 0. The van der Waals surface area contributed by atoms with Gasteiger partial charge < -0.3 is 10.1 Å². The zero-order valence-corrected chi connectivity index (χ0v) is 5.46. The number of nitrogens with one attached hydrogen (secondary N) is 1. The molecular formula is C7H11NO. The summed E-state index contributed by atoms with van der Waals surface area (Å²) in [7, 11) is 0. The first-order valence-corrected chi connectivity index (χ1v) is 3.15. The van der Waals surface area contributed by atoms with Crippen LogP contribution in [-0.2, 0) is 0 Å². The van der Waals surface area contributed by atoms with E-state index in [0.717, 1.165) is 12.0 Å². The topological polar surface area (TPSA) is 36.0 Å². The zero-order chi connectivity index (χ0) is 6.69. The van der Waals surface area contributed by atoms with Crippen LogP contribution in [0, 0.1) is 0 Å². The van der Waals surface area contributed by atoms with Crippen LogP contribution >= 0.6 is 0 Å². The van der Waals surface area contributed by atoms with Crippen molar-refractivity contribution in [3.63, 3.8) is 0 Å². The molecule has 0 unspecified atom stereocenters. The second-order valence-corrected chi connectivity index (χ2v) is 2.07. The lowest BCUT2D eigenvalue weighted by Crippen LogP contribution is -1.91. The maximum atomic E-state index is 9.20. The van der Waals surface area contributed by atoms with Crippen molar-refractivity contribution in [2.75, 3.05) is 0 Å². The Labute approximate surface area is 54.5 Å². The van der Waals surface area contributed by atoms with E-state index in [4.69, 9.17) is 0 Å². The summed E-state index contributed by atoms with van der Waals surface area (Å²) in [5, 5.41) is 9.20. The Morgan fingerprint density at radius 1 is 1.78 bits per heavy atom. The Morgan fingerprint density at radius 3 is 3.00 bits per heavy atom. The van der Waals surface area contributed by atoms with Gasteiger partial charge in [0.25, 0.3) is 0 Å². The van der Waals surface area contributed by atoms with Crippen LogP contribution in [0.5, 0.6) is 0 Å². The first-order chi connectivity index (χ1) is 4.34. The Balaban J connectivity index is 2.65. The number of aromatic nitrogens is 1. The Kier molecular flexibility index (Phi) is 1.90. The molecule has 0 spiro atoms. The molecular weight excluding hydrogens is 114 g/mol. The summed E-state index contributed by atoms with van der Waals surface area (Å²) in [4.78, 5) is 2.88. The van der Waals surface area contributed by atoms with Crippen LogP contribution in [0.2, 0.25) is 0 Å². The van der Waals surface area contributed by atoms with E-state index in [-0.39, 0.29) is 6.10 Å². The van der Waals surface area contributed by atoms with Crippen molar-refractivity contribution in [2.45, 2.75) is 19.4 Å². The molecule has 0 amide bonds. The largest absolute Gasteiger partial charge is 0.388 e. The second-order valence-electron chi connectivity index (χ2n) is 2.07. The van der Waals surface area contributed by atoms with Gasteiger partial charge >= 0.3 is 0 Å².